The molecule has 0 radical (unpaired) electrons. The van der Waals surface area contributed by atoms with Gasteiger partial charge in [0.15, 0.2) is 0 Å². The average molecular weight is 298 g/mol. The van der Waals surface area contributed by atoms with Crippen LogP contribution in [-0.4, -0.2) is 23.5 Å². The number of carbonyl (C=O) groups excluding carboxylic acids is 2. The van der Waals surface area contributed by atoms with Crippen LogP contribution in [0.3, 0.4) is 0 Å². The van der Waals surface area contributed by atoms with E-state index in [2.05, 4.69) is 20.9 Å². The number of amides is 3. The van der Waals surface area contributed by atoms with Crippen LogP contribution < -0.4 is 16.0 Å². The zero-order valence-electron chi connectivity index (χ0n) is 12.2. The molecular formula is C16H18N4O2. The van der Waals surface area contributed by atoms with Gasteiger partial charge in [-0.2, -0.15) is 0 Å². The van der Waals surface area contributed by atoms with E-state index in [-0.39, 0.29) is 18.5 Å². The highest BCUT2D eigenvalue weighted by molar-refractivity contribution is 5.94. The molecule has 6 nitrogen and oxygen atoms in total. The minimum absolute atomic E-state index is 0.0935. The second kappa shape index (κ2) is 7.78. The minimum atomic E-state index is -0.396. The van der Waals surface area contributed by atoms with Gasteiger partial charge in [-0.05, 0) is 36.8 Å². The molecule has 0 fully saturated rings. The fraction of sp³-hybridized carbons (Fsp3) is 0.188. The molecule has 114 valence electrons. The summed E-state index contributed by atoms with van der Waals surface area (Å²) < 4.78 is 0. The summed E-state index contributed by atoms with van der Waals surface area (Å²) in [6.45, 7) is 1.77. The standard InChI is InChI=1S/C16H18N4O2/c1-12(13-7-9-17-10-8-13)19-16(22)18-11-15(21)20-14-5-3-2-4-6-14/h2-10,12H,11H2,1H3,(H,20,21)(H2,18,19,22). The van der Waals surface area contributed by atoms with E-state index in [0.29, 0.717) is 5.69 Å². The maximum Gasteiger partial charge on any atom is 0.315 e. The van der Waals surface area contributed by atoms with Crippen molar-refractivity contribution in [1.29, 1.82) is 0 Å². The second-order valence-corrected chi connectivity index (χ2v) is 4.74. The molecule has 1 aromatic carbocycles. The number of hydrogen-bond donors (Lipinski definition) is 3. The first-order valence-electron chi connectivity index (χ1n) is 6.94. The van der Waals surface area contributed by atoms with E-state index in [0.717, 1.165) is 5.56 Å². The highest BCUT2D eigenvalue weighted by Gasteiger charge is 2.10. The van der Waals surface area contributed by atoms with E-state index < -0.39 is 6.03 Å². The second-order valence-electron chi connectivity index (χ2n) is 4.74. The Morgan fingerprint density at radius 2 is 1.77 bits per heavy atom. The number of pyridine rings is 1. The fourth-order valence-corrected chi connectivity index (χ4v) is 1.87. The smallest absolute Gasteiger partial charge is 0.315 e. The van der Waals surface area contributed by atoms with Crippen LogP contribution in [0.25, 0.3) is 0 Å². The Kier molecular flexibility index (Phi) is 5.48. The van der Waals surface area contributed by atoms with Crippen LogP contribution in [-0.2, 0) is 4.79 Å². The lowest BCUT2D eigenvalue weighted by Gasteiger charge is -2.14. The van der Waals surface area contributed by atoms with Crippen LogP contribution in [0.4, 0.5) is 10.5 Å². The summed E-state index contributed by atoms with van der Waals surface area (Å²) in [5, 5.41) is 7.98. The van der Waals surface area contributed by atoms with Crippen molar-refractivity contribution < 1.29 is 9.59 Å². The summed E-state index contributed by atoms with van der Waals surface area (Å²) in [5.41, 5.74) is 1.64. The lowest BCUT2D eigenvalue weighted by molar-refractivity contribution is -0.115. The molecule has 0 aliphatic rings. The number of nitrogens with zero attached hydrogens (tertiary/aromatic N) is 1. The number of anilines is 1. The van der Waals surface area contributed by atoms with E-state index in [4.69, 9.17) is 0 Å². The van der Waals surface area contributed by atoms with E-state index in [1.54, 1.807) is 24.5 Å². The van der Waals surface area contributed by atoms with E-state index >= 15 is 0 Å². The van der Waals surface area contributed by atoms with Gasteiger partial charge in [0.2, 0.25) is 5.91 Å². The maximum absolute atomic E-state index is 11.8. The van der Waals surface area contributed by atoms with Gasteiger partial charge >= 0.3 is 6.03 Å². The van der Waals surface area contributed by atoms with Gasteiger partial charge in [-0.1, -0.05) is 18.2 Å². The van der Waals surface area contributed by atoms with Gasteiger partial charge in [0.05, 0.1) is 12.6 Å². The summed E-state index contributed by atoms with van der Waals surface area (Å²) in [6.07, 6.45) is 3.33. The third kappa shape index (κ3) is 4.90. The molecule has 0 saturated heterocycles. The van der Waals surface area contributed by atoms with Gasteiger partial charge in [0.1, 0.15) is 0 Å². The summed E-state index contributed by atoms with van der Waals surface area (Å²) in [7, 11) is 0. The molecule has 3 N–H and O–H groups in total. The molecule has 2 aromatic rings. The molecule has 0 bridgehead atoms. The number of rotatable bonds is 5. The monoisotopic (exact) mass is 298 g/mol. The molecule has 1 unspecified atom stereocenters. The van der Waals surface area contributed by atoms with E-state index in [1.807, 2.05) is 37.3 Å². The first kappa shape index (κ1) is 15.5. The van der Waals surface area contributed by atoms with Gasteiger partial charge in [-0.15, -0.1) is 0 Å². The first-order valence-corrected chi connectivity index (χ1v) is 6.94. The number of para-hydroxylation sites is 1. The lowest BCUT2D eigenvalue weighted by atomic mass is 10.1. The first-order chi connectivity index (χ1) is 10.6. The molecule has 2 rings (SSSR count). The molecule has 6 heteroatoms. The average Bonchev–Trinajstić information content (AvgIpc) is 2.55. The van der Waals surface area contributed by atoms with Crippen LogP contribution >= 0.6 is 0 Å². The van der Waals surface area contributed by atoms with Crippen LogP contribution in [0.2, 0.25) is 0 Å². The maximum atomic E-state index is 11.8. The van der Waals surface area contributed by atoms with E-state index in [9.17, 15) is 9.59 Å². The van der Waals surface area contributed by atoms with Crippen molar-refractivity contribution in [1.82, 2.24) is 15.6 Å². The summed E-state index contributed by atoms with van der Waals surface area (Å²) >= 11 is 0. The Morgan fingerprint density at radius 3 is 2.45 bits per heavy atom. The van der Waals surface area contributed by atoms with Crippen LogP contribution in [0.15, 0.2) is 54.9 Å². The van der Waals surface area contributed by atoms with Gasteiger partial charge in [-0.25, -0.2) is 4.79 Å². The third-order valence-corrected chi connectivity index (χ3v) is 3.02. The van der Waals surface area contributed by atoms with Crippen molar-refractivity contribution in [3.8, 4) is 0 Å². The van der Waals surface area contributed by atoms with Gasteiger partial charge in [0, 0.05) is 18.1 Å². The Hall–Kier alpha value is -2.89. The number of hydrogen-bond acceptors (Lipinski definition) is 3. The van der Waals surface area contributed by atoms with E-state index in [1.165, 1.54) is 0 Å². The van der Waals surface area contributed by atoms with Crippen molar-refractivity contribution in [3.63, 3.8) is 0 Å². The molecule has 0 aliphatic heterocycles. The number of benzene rings is 1. The molecule has 1 heterocycles. The quantitative estimate of drug-likeness (QED) is 0.790. The molecule has 1 atom stereocenters. The van der Waals surface area contributed by atoms with Crippen molar-refractivity contribution >= 4 is 17.6 Å². The summed E-state index contributed by atoms with van der Waals surface area (Å²) in [4.78, 5) is 27.4. The number of urea groups is 1. The lowest BCUT2D eigenvalue weighted by Crippen LogP contribution is -2.41. The fourth-order valence-electron chi connectivity index (χ4n) is 1.87. The van der Waals surface area contributed by atoms with Crippen LogP contribution in [0, 0.1) is 0 Å². The summed E-state index contributed by atoms with van der Waals surface area (Å²) in [5.74, 6) is -0.280. The highest BCUT2D eigenvalue weighted by atomic mass is 16.2. The topological polar surface area (TPSA) is 83.1 Å². The molecule has 0 saturated carbocycles. The largest absolute Gasteiger partial charge is 0.332 e. The van der Waals surface area contributed by atoms with Gasteiger partial charge < -0.3 is 16.0 Å². The van der Waals surface area contributed by atoms with Crippen molar-refractivity contribution in [2.45, 2.75) is 13.0 Å². The number of aromatic nitrogens is 1. The zero-order valence-corrected chi connectivity index (χ0v) is 12.2. The predicted octanol–water partition coefficient (Wildman–Crippen LogP) is 2.08. The molecule has 0 aliphatic carbocycles. The third-order valence-electron chi connectivity index (χ3n) is 3.02. The number of nitrogens with one attached hydrogen (secondary N) is 3. The molecule has 22 heavy (non-hydrogen) atoms. The predicted molar refractivity (Wildman–Crippen MR) is 84.3 cm³/mol. The van der Waals surface area contributed by atoms with Crippen molar-refractivity contribution in [2.24, 2.45) is 0 Å². The normalized spacial score (nSPS) is 11.3. The van der Waals surface area contributed by atoms with Gasteiger partial charge in [0.25, 0.3) is 0 Å². The molecular weight excluding hydrogens is 280 g/mol. The Bertz CT molecular complexity index is 617. The molecule has 1 aromatic heterocycles. The summed E-state index contributed by atoms with van der Waals surface area (Å²) in [6, 6.07) is 12.2. The SMILES string of the molecule is CC(NC(=O)NCC(=O)Nc1ccccc1)c1ccncc1. The van der Waals surface area contributed by atoms with Crippen LogP contribution in [0.1, 0.15) is 18.5 Å². The van der Waals surface area contributed by atoms with Gasteiger partial charge in [-0.3, -0.25) is 9.78 Å². The van der Waals surface area contributed by atoms with Crippen LogP contribution in [0.5, 0.6) is 0 Å². The molecule has 3 amide bonds. The molecule has 0 spiro atoms. The Labute approximate surface area is 129 Å². The highest BCUT2D eigenvalue weighted by Crippen LogP contribution is 2.09. The number of carbonyl (C=O) groups is 2. The Balaban J connectivity index is 1.74. The minimum Gasteiger partial charge on any atom is -0.332 e. The van der Waals surface area contributed by atoms with Crippen molar-refractivity contribution in [2.75, 3.05) is 11.9 Å². The van der Waals surface area contributed by atoms with Crippen molar-refractivity contribution in [3.05, 3.63) is 60.4 Å². The zero-order chi connectivity index (χ0) is 15.8. The Morgan fingerprint density at radius 1 is 1.09 bits per heavy atom.